The van der Waals surface area contributed by atoms with Crippen LogP contribution in [0.3, 0.4) is 0 Å². The first-order valence-corrected chi connectivity index (χ1v) is 5.26. The van der Waals surface area contributed by atoms with Crippen molar-refractivity contribution in [2.24, 2.45) is 5.10 Å². The molecule has 0 aliphatic carbocycles. The van der Waals surface area contributed by atoms with Gasteiger partial charge in [-0.1, -0.05) is 6.07 Å². The van der Waals surface area contributed by atoms with E-state index in [0.29, 0.717) is 11.5 Å². The third kappa shape index (κ3) is 2.01. The standard InChI is InChI=1S/C11H9N7/c1-2-8(4-12-3-1)5-17-18-11-9-10(14-6-13-9)15-7-16-11/h1-7H,(H2,13,14,15,16,18)/b17-5+. The number of imidazole rings is 1. The van der Waals surface area contributed by atoms with Gasteiger partial charge in [-0.2, -0.15) is 5.10 Å². The number of aromatic amines is 1. The Bertz CT molecular complexity index is 674. The highest BCUT2D eigenvalue weighted by Crippen LogP contribution is 2.13. The number of nitrogens with one attached hydrogen (secondary N) is 2. The fraction of sp³-hybridized carbons (Fsp3) is 0. The Kier molecular flexibility index (Phi) is 2.63. The molecule has 7 heteroatoms. The zero-order valence-electron chi connectivity index (χ0n) is 9.28. The lowest BCUT2D eigenvalue weighted by molar-refractivity contribution is 1.17. The SMILES string of the molecule is C(=N\Nc1ncnc2nc[nH]c12)/c1cccnc1. The molecule has 0 saturated heterocycles. The molecule has 0 fully saturated rings. The molecule has 7 nitrogen and oxygen atoms in total. The number of anilines is 1. The number of fused-ring (bicyclic) bond motifs is 1. The first-order valence-electron chi connectivity index (χ1n) is 5.26. The van der Waals surface area contributed by atoms with Crippen molar-refractivity contribution in [1.82, 2.24) is 24.9 Å². The van der Waals surface area contributed by atoms with Gasteiger partial charge in [0.1, 0.15) is 11.8 Å². The molecule has 0 radical (unpaired) electrons. The largest absolute Gasteiger partial charge is 0.340 e. The molecule has 3 heterocycles. The second kappa shape index (κ2) is 4.58. The second-order valence-electron chi connectivity index (χ2n) is 3.48. The van der Waals surface area contributed by atoms with Crippen LogP contribution in [0.1, 0.15) is 5.56 Å². The average molecular weight is 239 g/mol. The molecule has 0 amide bonds. The maximum absolute atomic E-state index is 4.09. The Morgan fingerprint density at radius 3 is 3.17 bits per heavy atom. The molecule has 3 aromatic heterocycles. The summed E-state index contributed by atoms with van der Waals surface area (Å²) in [4.78, 5) is 19.1. The molecule has 0 aromatic carbocycles. The van der Waals surface area contributed by atoms with Crippen LogP contribution in [-0.2, 0) is 0 Å². The molecule has 0 saturated carbocycles. The van der Waals surface area contributed by atoms with E-state index >= 15 is 0 Å². The molecule has 3 rings (SSSR count). The van der Waals surface area contributed by atoms with Crippen LogP contribution in [0.2, 0.25) is 0 Å². The van der Waals surface area contributed by atoms with E-state index in [2.05, 4.69) is 35.4 Å². The van der Waals surface area contributed by atoms with Crippen molar-refractivity contribution in [3.63, 3.8) is 0 Å². The summed E-state index contributed by atoms with van der Waals surface area (Å²) >= 11 is 0. The summed E-state index contributed by atoms with van der Waals surface area (Å²) in [6.07, 6.45) is 8.10. The number of pyridine rings is 1. The topological polar surface area (TPSA) is 91.7 Å². The van der Waals surface area contributed by atoms with Gasteiger partial charge in [0.25, 0.3) is 0 Å². The number of aromatic nitrogens is 5. The minimum atomic E-state index is 0.581. The Morgan fingerprint density at radius 2 is 2.28 bits per heavy atom. The highest BCUT2D eigenvalue weighted by molar-refractivity contribution is 5.84. The summed E-state index contributed by atoms with van der Waals surface area (Å²) < 4.78 is 0. The van der Waals surface area contributed by atoms with Crippen LogP contribution in [0.15, 0.2) is 42.3 Å². The van der Waals surface area contributed by atoms with Gasteiger partial charge in [0.05, 0.1) is 12.5 Å². The predicted molar refractivity (Wildman–Crippen MR) is 67.1 cm³/mol. The lowest BCUT2D eigenvalue weighted by atomic mass is 10.3. The highest BCUT2D eigenvalue weighted by Gasteiger charge is 2.03. The molecule has 88 valence electrons. The van der Waals surface area contributed by atoms with Gasteiger partial charge in [-0.15, -0.1) is 0 Å². The van der Waals surface area contributed by atoms with Crippen molar-refractivity contribution in [2.45, 2.75) is 0 Å². The van der Waals surface area contributed by atoms with E-state index in [0.717, 1.165) is 11.1 Å². The van der Waals surface area contributed by atoms with E-state index in [9.17, 15) is 0 Å². The summed E-state index contributed by atoms with van der Waals surface area (Å²) in [5, 5.41) is 4.09. The van der Waals surface area contributed by atoms with Crippen LogP contribution >= 0.6 is 0 Å². The molecular formula is C11H9N7. The fourth-order valence-corrected chi connectivity index (χ4v) is 1.47. The third-order valence-corrected chi connectivity index (χ3v) is 2.29. The lowest BCUT2D eigenvalue weighted by Crippen LogP contribution is -1.95. The van der Waals surface area contributed by atoms with Crippen molar-refractivity contribution in [2.75, 3.05) is 5.43 Å². The zero-order chi connectivity index (χ0) is 12.2. The summed E-state index contributed by atoms with van der Waals surface area (Å²) in [5.41, 5.74) is 5.07. The number of hydrogen-bond donors (Lipinski definition) is 2. The summed E-state index contributed by atoms with van der Waals surface area (Å²) in [6, 6.07) is 3.75. The van der Waals surface area contributed by atoms with E-state index in [-0.39, 0.29) is 0 Å². The number of hydrazone groups is 1. The number of rotatable bonds is 3. The van der Waals surface area contributed by atoms with E-state index in [1.54, 1.807) is 24.9 Å². The molecule has 0 aliphatic heterocycles. The molecule has 0 unspecified atom stereocenters. The highest BCUT2D eigenvalue weighted by atomic mass is 15.3. The fourth-order valence-electron chi connectivity index (χ4n) is 1.47. The summed E-state index contributed by atoms with van der Waals surface area (Å²) in [7, 11) is 0. The Morgan fingerprint density at radius 1 is 1.28 bits per heavy atom. The van der Waals surface area contributed by atoms with Crippen LogP contribution in [0.4, 0.5) is 5.82 Å². The van der Waals surface area contributed by atoms with Gasteiger partial charge in [-0.3, -0.25) is 10.4 Å². The van der Waals surface area contributed by atoms with Crippen molar-refractivity contribution in [3.8, 4) is 0 Å². The van der Waals surface area contributed by atoms with Crippen molar-refractivity contribution >= 4 is 23.2 Å². The van der Waals surface area contributed by atoms with Gasteiger partial charge in [-0.25, -0.2) is 15.0 Å². The van der Waals surface area contributed by atoms with E-state index < -0.39 is 0 Å². The third-order valence-electron chi connectivity index (χ3n) is 2.29. The van der Waals surface area contributed by atoms with Gasteiger partial charge in [0.15, 0.2) is 11.5 Å². The lowest BCUT2D eigenvalue weighted by Gasteiger charge is -1.98. The van der Waals surface area contributed by atoms with E-state index in [1.165, 1.54) is 6.33 Å². The van der Waals surface area contributed by atoms with Crippen molar-refractivity contribution in [3.05, 3.63) is 42.7 Å². The Balaban J connectivity index is 1.81. The summed E-state index contributed by atoms with van der Waals surface area (Å²) in [6.45, 7) is 0. The van der Waals surface area contributed by atoms with E-state index in [4.69, 9.17) is 0 Å². The number of H-pyrrole nitrogens is 1. The molecule has 2 N–H and O–H groups in total. The predicted octanol–water partition coefficient (Wildman–Crippen LogP) is 1.19. The maximum atomic E-state index is 4.09. The smallest absolute Gasteiger partial charge is 0.182 e. The Hall–Kier alpha value is -2.83. The van der Waals surface area contributed by atoms with Gasteiger partial charge < -0.3 is 4.98 Å². The molecule has 18 heavy (non-hydrogen) atoms. The first-order chi connectivity index (χ1) is 8.93. The van der Waals surface area contributed by atoms with Crippen LogP contribution in [0.5, 0.6) is 0 Å². The van der Waals surface area contributed by atoms with Crippen LogP contribution in [0, 0.1) is 0 Å². The number of hydrogen-bond acceptors (Lipinski definition) is 6. The molecule has 0 atom stereocenters. The van der Waals surface area contributed by atoms with Crippen LogP contribution in [-0.4, -0.2) is 31.1 Å². The van der Waals surface area contributed by atoms with Gasteiger partial charge >= 0.3 is 0 Å². The molecular weight excluding hydrogens is 230 g/mol. The second-order valence-corrected chi connectivity index (χ2v) is 3.48. The van der Waals surface area contributed by atoms with Crippen molar-refractivity contribution in [1.29, 1.82) is 0 Å². The molecule has 0 aliphatic rings. The zero-order valence-corrected chi connectivity index (χ0v) is 9.28. The summed E-state index contributed by atoms with van der Waals surface area (Å²) in [5.74, 6) is 0.581. The van der Waals surface area contributed by atoms with Gasteiger partial charge in [0.2, 0.25) is 0 Å². The monoisotopic (exact) mass is 239 g/mol. The minimum absolute atomic E-state index is 0.581. The molecule has 0 bridgehead atoms. The average Bonchev–Trinajstić information content (AvgIpc) is 2.89. The molecule has 0 spiro atoms. The maximum Gasteiger partial charge on any atom is 0.182 e. The first kappa shape index (κ1) is 10.3. The quantitative estimate of drug-likeness (QED) is 0.529. The van der Waals surface area contributed by atoms with Crippen LogP contribution in [0.25, 0.3) is 11.2 Å². The normalized spacial score (nSPS) is 11.1. The van der Waals surface area contributed by atoms with Gasteiger partial charge in [-0.05, 0) is 6.07 Å². The minimum Gasteiger partial charge on any atom is -0.340 e. The molecule has 3 aromatic rings. The van der Waals surface area contributed by atoms with Gasteiger partial charge in [0, 0.05) is 18.0 Å². The van der Waals surface area contributed by atoms with E-state index in [1.807, 2.05) is 12.1 Å². The van der Waals surface area contributed by atoms with Crippen LogP contribution < -0.4 is 5.43 Å². The Labute approximate surface area is 102 Å². The van der Waals surface area contributed by atoms with Crippen molar-refractivity contribution < 1.29 is 0 Å². The number of nitrogens with zero attached hydrogens (tertiary/aromatic N) is 5.